The summed E-state index contributed by atoms with van der Waals surface area (Å²) in [5.41, 5.74) is 8.20. The number of anilines is 1. The highest BCUT2D eigenvalue weighted by Gasteiger charge is 2.17. The van der Waals surface area contributed by atoms with Crippen molar-refractivity contribution in [1.29, 1.82) is 0 Å². The van der Waals surface area contributed by atoms with E-state index >= 15 is 0 Å². The van der Waals surface area contributed by atoms with Crippen LogP contribution in [0.25, 0.3) is 0 Å². The Balaban J connectivity index is 0.000000720. The summed E-state index contributed by atoms with van der Waals surface area (Å²) >= 11 is 0. The van der Waals surface area contributed by atoms with Gasteiger partial charge in [0.25, 0.3) is 0 Å². The van der Waals surface area contributed by atoms with E-state index in [1.807, 2.05) is 6.07 Å². The molecular weight excluding hydrogens is 172 g/mol. The van der Waals surface area contributed by atoms with E-state index < -0.39 is 0 Å². The van der Waals surface area contributed by atoms with Crippen molar-refractivity contribution in [3.05, 3.63) is 29.8 Å². The zero-order chi connectivity index (χ0) is 7.68. The fourth-order valence-electron chi connectivity index (χ4n) is 1.52. The first-order chi connectivity index (χ1) is 5.40. The number of hydrogen-bond acceptors (Lipinski definition) is 2. The quantitative estimate of drug-likeness (QED) is 0.693. The molecule has 3 heteroatoms. The first-order valence-electron chi connectivity index (χ1n) is 3.94. The molecule has 0 amide bonds. The average Bonchev–Trinajstić information content (AvgIpc) is 2.46. The van der Waals surface area contributed by atoms with Gasteiger partial charge < -0.3 is 11.1 Å². The molecular formula is C9H13ClN2. The Morgan fingerprint density at radius 1 is 1.42 bits per heavy atom. The molecule has 2 nitrogen and oxygen atoms in total. The lowest BCUT2D eigenvalue weighted by Gasteiger charge is -2.05. The van der Waals surface area contributed by atoms with Crippen molar-refractivity contribution in [3.63, 3.8) is 0 Å². The third-order valence-corrected chi connectivity index (χ3v) is 2.13. The van der Waals surface area contributed by atoms with Gasteiger partial charge in [0.2, 0.25) is 0 Å². The molecule has 1 unspecified atom stereocenters. The largest absolute Gasteiger partial charge is 0.380 e. The zero-order valence-corrected chi connectivity index (χ0v) is 7.60. The molecule has 0 saturated heterocycles. The molecule has 1 heterocycles. The van der Waals surface area contributed by atoms with Gasteiger partial charge in [-0.2, -0.15) is 0 Å². The van der Waals surface area contributed by atoms with Crippen molar-refractivity contribution in [3.8, 4) is 0 Å². The molecule has 1 aromatic rings. The van der Waals surface area contributed by atoms with Gasteiger partial charge in [0.1, 0.15) is 0 Å². The SMILES string of the molecule is Cl.NCC1Cc2ccccc2N1. The molecule has 0 aromatic heterocycles. The molecule has 0 aliphatic carbocycles. The third kappa shape index (κ3) is 1.54. The van der Waals surface area contributed by atoms with E-state index in [2.05, 4.69) is 23.5 Å². The zero-order valence-electron chi connectivity index (χ0n) is 6.79. The lowest BCUT2D eigenvalue weighted by Crippen LogP contribution is -2.25. The number of nitrogens with two attached hydrogens (primary N) is 1. The second-order valence-electron chi connectivity index (χ2n) is 2.94. The fourth-order valence-corrected chi connectivity index (χ4v) is 1.52. The maximum atomic E-state index is 5.55. The number of fused-ring (bicyclic) bond motifs is 1. The van der Waals surface area contributed by atoms with E-state index in [-0.39, 0.29) is 12.4 Å². The standard InChI is InChI=1S/C9H12N2.ClH/c10-6-8-5-7-3-1-2-4-9(7)11-8;/h1-4,8,11H,5-6,10H2;1H. The number of rotatable bonds is 1. The molecule has 1 aromatic carbocycles. The van der Waals surface area contributed by atoms with Crippen LogP contribution in [0.4, 0.5) is 5.69 Å². The van der Waals surface area contributed by atoms with Crippen LogP contribution < -0.4 is 11.1 Å². The Hall–Kier alpha value is -0.730. The van der Waals surface area contributed by atoms with Gasteiger partial charge in [0, 0.05) is 18.3 Å². The molecule has 66 valence electrons. The predicted octanol–water partition coefficient (Wildman–Crippen LogP) is 1.40. The molecule has 1 aliphatic rings. The number of nitrogens with one attached hydrogen (secondary N) is 1. The summed E-state index contributed by atoms with van der Waals surface area (Å²) in [6.45, 7) is 0.717. The van der Waals surface area contributed by atoms with Crippen LogP contribution in [-0.2, 0) is 6.42 Å². The van der Waals surface area contributed by atoms with Gasteiger partial charge in [0.15, 0.2) is 0 Å². The summed E-state index contributed by atoms with van der Waals surface area (Å²) < 4.78 is 0. The van der Waals surface area contributed by atoms with Crippen LogP contribution in [0.2, 0.25) is 0 Å². The molecule has 0 fully saturated rings. The fraction of sp³-hybridized carbons (Fsp3) is 0.333. The Labute approximate surface area is 78.6 Å². The molecule has 1 aliphatic heterocycles. The van der Waals surface area contributed by atoms with Crippen LogP contribution >= 0.6 is 12.4 Å². The van der Waals surface area contributed by atoms with Gasteiger partial charge in [0.05, 0.1) is 0 Å². The predicted molar refractivity (Wildman–Crippen MR) is 53.9 cm³/mol. The number of benzene rings is 1. The lowest BCUT2D eigenvalue weighted by molar-refractivity contribution is 0.760. The minimum Gasteiger partial charge on any atom is -0.380 e. The average molecular weight is 185 g/mol. The minimum absolute atomic E-state index is 0. The van der Waals surface area contributed by atoms with Gasteiger partial charge in [-0.05, 0) is 18.1 Å². The molecule has 0 radical (unpaired) electrons. The number of hydrogen-bond donors (Lipinski definition) is 2. The summed E-state index contributed by atoms with van der Waals surface area (Å²) in [6.07, 6.45) is 1.08. The summed E-state index contributed by atoms with van der Waals surface area (Å²) in [6, 6.07) is 8.82. The third-order valence-electron chi connectivity index (χ3n) is 2.13. The van der Waals surface area contributed by atoms with E-state index in [0.717, 1.165) is 6.42 Å². The smallest absolute Gasteiger partial charge is 0.0424 e. The minimum atomic E-state index is 0. The van der Waals surface area contributed by atoms with Crippen LogP contribution in [0.5, 0.6) is 0 Å². The highest BCUT2D eigenvalue weighted by molar-refractivity contribution is 5.85. The Morgan fingerprint density at radius 2 is 2.17 bits per heavy atom. The Kier molecular flexibility index (Phi) is 2.95. The van der Waals surface area contributed by atoms with Crippen molar-refractivity contribution in [1.82, 2.24) is 0 Å². The van der Waals surface area contributed by atoms with Crippen LogP contribution in [-0.4, -0.2) is 12.6 Å². The number of halogens is 1. The molecule has 3 N–H and O–H groups in total. The second kappa shape index (κ2) is 3.78. The van der Waals surface area contributed by atoms with Crippen molar-refractivity contribution in [2.75, 3.05) is 11.9 Å². The van der Waals surface area contributed by atoms with Crippen LogP contribution in [0.3, 0.4) is 0 Å². The van der Waals surface area contributed by atoms with Crippen LogP contribution in [0, 0.1) is 0 Å². The molecule has 0 saturated carbocycles. The van der Waals surface area contributed by atoms with Crippen LogP contribution in [0.1, 0.15) is 5.56 Å². The number of para-hydroxylation sites is 1. The van der Waals surface area contributed by atoms with Gasteiger partial charge in [-0.3, -0.25) is 0 Å². The van der Waals surface area contributed by atoms with E-state index in [4.69, 9.17) is 5.73 Å². The van der Waals surface area contributed by atoms with E-state index in [1.54, 1.807) is 0 Å². The van der Waals surface area contributed by atoms with E-state index in [1.165, 1.54) is 11.3 Å². The monoisotopic (exact) mass is 184 g/mol. The van der Waals surface area contributed by atoms with Gasteiger partial charge >= 0.3 is 0 Å². The van der Waals surface area contributed by atoms with Gasteiger partial charge in [-0.1, -0.05) is 18.2 Å². The van der Waals surface area contributed by atoms with E-state index in [9.17, 15) is 0 Å². The highest BCUT2D eigenvalue weighted by Crippen LogP contribution is 2.24. The van der Waals surface area contributed by atoms with Gasteiger partial charge in [-0.25, -0.2) is 0 Å². The topological polar surface area (TPSA) is 38.0 Å². The molecule has 12 heavy (non-hydrogen) atoms. The summed E-state index contributed by atoms with van der Waals surface area (Å²) in [7, 11) is 0. The maximum absolute atomic E-state index is 5.55. The summed E-state index contributed by atoms with van der Waals surface area (Å²) in [5.74, 6) is 0. The molecule has 1 atom stereocenters. The maximum Gasteiger partial charge on any atom is 0.0424 e. The second-order valence-corrected chi connectivity index (χ2v) is 2.94. The first kappa shape index (κ1) is 9.36. The van der Waals surface area contributed by atoms with E-state index in [0.29, 0.717) is 12.6 Å². The summed E-state index contributed by atoms with van der Waals surface area (Å²) in [4.78, 5) is 0. The van der Waals surface area contributed by atoms with Crippen molar-refractivity contribution in [2.45, 2.75) is 12.5 Å². The van der Waals surface area contributed by atoms with Crippen molar-refractivity contribution >= 4 is 18.1 Å². The highest BCUT2D eigenvalue weighted by atomic mass is 35.5. The normalized spacial score (nSPS) is 19.2. The Morgan fingerprint density at radius 3 is 2.83 bits per heavy atom. The van der Waals surface area contributed by atoms with Crippen molar-refractivity contribution < 1.29 is 0 Å². The van der Waals surface area contributed by atoms with Crippen LogP contribution in [0.15, 0.2) is 24.3 Å². The van der Waals surface area contributed by atoms with Crippen molar-refractivity contribution in [2.24, 2.45) is 5.73 Å². The lowest BCUT2D eigenvalue weighted by atomic mass is 10.1. The molecule has 2 rings (SSSR count). The molecule has 0 spiro atoms. The Bertz CT molecular complexity index is 237. The molecule has 0 bridgehead atoms. The first-order valence-corrected chi connectivity index (χ1v) is 3.94. The van der Waals surface area contributed by atoms with Gasteiger partial charge in [-0.15, -0.1) is 12.4 Å². The summed E-state index contributed by atoms with van der Waals surface area (Å²) in [5, 5.41) is 3.36.